The van der Waals surface area contributed by atoms with Crippen LogP contribution in [0.4, 0.5) is 5.69 Å². The van der Waals surface area contributed by atoms with Gasteiger partial charge in [-0.25, -0.2) is 4.99 Å². The zero-order valence-electron chi connectivity index (χ0n) is 17.5. The molecule has 0 radical (unpaired) electrons. The zero-order valence-corrected chi connectivity index (χ0v) is 17.5. The lowest BCUT2D eigenvalue weighted by Gasteiger charge is -2.11. The maximum Gasteiger partial charge on any atom is 0.154 e. The highest BCUT2D eigenvalue weighted by molar-refractivity contribution is 6.18. The summed E-state index contributed by atoms with van der Waals surface area (Å²) in [6.45, 7) is 7.25. The van der Waals surface area contributed by atoms with Gasteiger partial charge in [0.15, 0.2) is 5.84 Å². The Morgan fingerprint density at radius 1 is 0.767 bits per heavy atom. The summed E-state index contributed by atoms with van der Waals surface area (Å²) in [5, 5.41) is 4.73. The summed E-state index contributed by atoms with van der Waals surface area (Å²) >= 11 is 0. The first-order valence-corrected chi connectivity index (χ1v) is 10.2. The number of hydrazone groups is 1. The fourth-order valence-corrected chi connectivity index (χ4v) is 3.31. The monoisotopic (exact) mass is 399 g/mol. The summed E-state index contributed by atoms with van der Waals surface area (Å²) < 4.78 is 11.3. The predicted octanol–water partition coefficient (Wildman–Crippen LogP) is 5.23. The van der Waals surface area contributed by atoms with E-state index in [9.17, 15) is 0 Å². The fraction of sp³-hybridized carbons (Fsp3) is 0.200. The van der Waals surface area contributed by atoms with Crippen LogP contribution in [0.1, 0.15) is 36.1 Å². The fourth-order valence-electron chi connectivity index (χ4n) is 3.31. The Balaban J connectivity index is 1.79. The van der Waals surface area contributed by atoms with Gasteiger partial charge in [-0.3, -0.25) is 5.43 Å². The Bertz CT molecular complexity index is 1080. The van der Waals surface area contributed by atoms with E-state index in [0.29, 0.717) is 19.0 Å². The third-order valence-electron chi connectivity index (χ3n) is 4.80. The first kappa shape index (κ1) is 19.7. The van der Waals surface area contributed by atoms with Gasteiger partial charge in [-0.15, -0.1) is 0 Å². The van der Waals surface area contributed by atoms with Crippen LogP contribution in [0.15, 0.2) is 76.8 Å². The number of nitrogens with one attached hydrogen (secondary N) is 1. The molecule has 0 aliphatic carbocycles. The zero-order chi connectivity index (χ0) is 20.9. The minimum absolute atomic E-state index is 0.602. The van der Waals surface area contributed by atoms with Gasteiger partial charge in [-0.2, -0.15) is 5.10 Å². The molecule has 4 rings (SSSR count). The van der Waals surface area contributed by atoms with E-state index in [1.165, 1.54) is 5.56 Å². The number of benzene rings is 3. The summed E-state index contributed by atoms with van der Waals surface area (Å²) in [4.78, 5) is 4.87. The lowest BCUT2D eigenvalue weighted by atomic mass is 10.0. The summed E-state index contributed by atoms with van der Waals surface area (Å²) in [5.41, 5.74) is 8.89. The van der Waals surface area contributed by atoms with Crippen molar-refractivity contribution in [3.8, 4) is 11.5 Å². The Hall–Kier alpha value is -3.60. The van der Waals surface area contributed by atoms with Crippen LogP contribution < -0.4 is 14.9 Å². The summed E-state index contributed by atoms with van der Waals surface area (Å²) in [6.07, 6.45) is 0. The van der Waals surface area contributed by atoms with Gasteiger partial charge in [0, 0.05) is 16.7 Å². The van der Waals surface area contributed by atoms with E-state index in [0.717, 1.165) is 39.6 Å². The molecule has 0 bridgehead atoms. The van der Waals surface area contributed by atoms with Crippen molar-refractivity contribution in [2.45, 2.75) is 20.8 Å². The second-order valence-corrected chi connectivity index (χ2v) is 6.97. The topological polar surface area (TPSA) is 55.2 Å². The van der Waals surface area contributed by atoms with Crippen LogP contribution in [-0.4, -0.2) is 24.8 Å². The third-order valence-corrected chi connectivity index (χ3v) is 4.80. The molecule has 1 heterocycles. The molecule has 3 aromatic carbocycles. The van der Waals surface area contributed by atoms with Gasteiger partial charge in [0.25, 0.3) is 0 Å². The van der Waals surface area contributed by atoms with Crippen LogP contribution in [0.3, 0.4) is 0 Å². The van der Waals surface area contributed by atoms with Crippen molar-refractivity contribution < 1.29 is 9.47 Å². The van der Waals surface area contributed by atoms with Crippen molar-refractivity contribution >= 4 is 17.2 Å². The van der Waals surface area contributed by atoms with Gasteiger partial charge in [-0.05, 0) is 63.2 Å². The molecule has 1 N–H and O–H groups in total. The van der Waals surface area contributed by atoms with E-state index in [-0.39, 0.29) is 0 Å². The van der Waals surface area contributed by atoms with Crippen LogP contribution in [-0.2, 0) is 0 Å². The van der Waals surface area contributed by atoms with Crippen molar-refractivity contribution in [3.63, 3.8) is 0 Å². The normalized spacial score (nSPS) is 12.8. The molecule has 0 atom stereocenters. The molecule has 0 saturated carbocycles. The largest absolute Gasteiger partial charge is 0.494 e. The van der Waals surface area contributed by atoms with E-state index < -0.39 is 0 Å². The molecule has 152 valence electrons. The van der Waals surface area contributed by atoms with Crippen molar-refractivity contribution in [3.05, 3.63) is 89.0 Å². The predicted molar refractivity (Wildman–Crippen MR) is 121 cm³/mol. The number of nitrogens with zero attached hydrogens (tertiary/aromatic N) is 2. The highest BCUT2D eigenvalue weighted by Gasteiger charge is 2.18. The van der Waals surface area contributed by atoms with Crippen molar-refractivity contribution in [1.29, 1.82) is 0 Å². The van der Waals surface area contributed by atoms with Gasteiger partial charge >= 0.3 is 0 Å². The highest BCUT2D eigenvalue weighted by Crippen LogP contribution is 2.30. The first-order chi connectivity index (χ1) is 14.7. The first-order valence-electron chi connectivity index (χ1n) is 10.2. The lowest BCUT2D eigenvalue weighted by Crippen LogP contribution is -2.19. The van der Waals surface area contributed by atoms with Gasteiger partial charge in [0.1, 0.15) is 17.2 Å². The van der Waals surface area contributed by atoms with Gasteiger partial charge in [0.2, 0.25) is 0 Å². The molecular formula is C25H25N3O2. The number of aliphatic imine (C=N–C) groups is 1. The molecule has 5 heteroatoms. The second-order valence-electron chi connectivity index (χ2n) is 6.97. The van der Waals surface area contributed by atoms with Crippen molar-refractivity contribution in [2.24, 2.45) is 10.1 Å². The standard InChI is InChI=1S/C25H25N3O2/c1-4-29-20-12-10-18(11-13-20)24-22-16-21(30-5-2)14-15-23(22)26-25(28-27-24)19-8-6-17(3)7-9-19/h6-16H,4-5H2,1-3H3,(H,26,28). The van der Waals surface area contributed by atoms with E-state index in [1.54, 1.807) is 0 Å². The molecule has 1 aliphatic rings. The van der Waals surface area contributed by atoms with Crippen molar-refractivity contribution in [1.82, 2.24) is 5.43 Å². The van der Waals surface area contributed by atoms with Crippen LogP contribution in [0, 0.1) is 6.92 Å². The summed E-state index contributed by atoms with van der Waals surface area (Å²) in [5.74, 6) is 2.34. The maximum atomic E-state index is 5.73. The van der Waals surface area contributed by atoms with Crippen LogP contribution in [0.2, 0.25) is 0 Å². The van der Waals surface area contributed by atoms with Gasteiger partial charge in [0.05, 0.1) is 18.9 Å². The van der Waals surface area contributed by atoms with Crippen LogP contribution in [0.5, 0.6) is 11.5 Å². The molecule has 3 aromatic rings. The van der Waals surface area contributed by atoms with Gasteiger partial charge < -0.3 is 9.47 Å². The van der Waals surface area contributed by atoms with E-state index in [2.05, 4.69) is 24.5 Å². The molecule has 1 aliphatic heterocycles. The number of ether oxygens (including phenoxy) is 2. The van der Waals surface area contributed by atoms with Crippen LogP contribution in [0.25, 0.3) is 0 Å². The maximum absolute atomic E-state index is 5.73. The smallest absolute Gasteiger partial charge is 0.154 e. The summed E-state index contributed by atoms with van der Waals surface area (Å²) in [7, 11) is 0. The average molecular weight is 399 g/mol. The molecule has 0 fully saturated rings. The minimum atomic E-state index is 0.602. The molecule has 5 nitrogen and oxygen atoms in total. The number of rotatable bonds is 6. The Labute approximate surface area is 177 Å². The van der Waals surface area contributed by atoms with E-state index in [4.69, 9.17) is 19.6 Å². The summed E-state index contributed by atoms with van der Waals surface area (Å²) in [6, 6.07) is 22.1. The number of hydrogen-bond acceptors (Lipinski definition) is 5. The molecule has 0 aromatic heterocycles. The number of aryl methyl sites for hydroxylation is 1. The van der Waals surface area contributed by atoms with Crippen molar-refractivity contribution in [2.75, 3.05) is 13.2 Å². The molecule has 0 amide bonds. The Morgan fingerprint density at radius 3 is 2.10 bits per heavy atom. The quantitative estimate of drug-likeness (QED) is 0.618. The molecule has 0 unspecified atom stereocenters. The highest BCUT2D eigenvalue weighted by atomic mass is 16.5. The van der Waals surface area contributed by atoms with Crippen LogP contribution >= 0.6 is 0 Å². The molecule has 30 heavy (non-hydrogen) atoms. The molecule has 0 saturated heterocycles. The van der Waals surface area contributed by atoms with E-state index >= 15 is 0 Å². The number of fused-ring (bicyclic) bond motifs is 1. The Morgan fingerprint density at radius 2 is 1.40 bits per heavy atom. The Kier molecular flexibility index (Phi) is 5.80. The second kappa shape index (κ2) is 8.82. The molecular weight excluding hydrogens is 374 g/mol. The lowest BCUT2D eigenvalue weighted by molar-refractivity contribution is 0.340. The van der Waals surface area contributed by atoms with E-state index in [1.807, 2.05) is 68.4 Å². The molecule has 0 spiro atoms. The third kappa shape index (κ3) is 4.20. The average Bonchev–Trinajstić information content (AvgIpc) is 2.95. The number of hydrogen-bond donors (Lipinski definition) is 1. The van der Waals surface area contributed by atoms with Gasteiger partial charge in [-0.1, -0.05) is 29.8 Å². The number of amidine groups is 1. The SMILES string of the molecule is CCOc1ccc(C2=NNC(c3ccc(C)cc3)=Nc3ccc(OCC)cc32)cc1. The minimum Gasteiger partial charge on any atom is -0.494 e.